The van der Waals surface area contributed by atoms with Crippen molar-refractivity contribution in [2.24, 2.45) is 11.8 Å². The summed E-state index contributed by atoms with van der Waals surface area (Å²) in [5, 5.41) is 0. The Morgan fingerprint density at radius 2 is 1.75 bits per heavy atom. The quantitative estimate of drug-likeness (QED) is 0.609. The van der Waals surface area contributed by atoms with Gasteiger partial charge < -0.3 is 0 Å². The average molecular weight is 274 g/mol. The minimum atomic E-state index is 0.413. The van der Waals surface area contributed by atoms with E-state index in [1.165, 1.54) is 60.8 Å². The second-order valence-corrected chi connectivity index (χ2v) is 6.67. The van der Waals surface area contributed by atoms with Gasteiger partial charge in [0.15, 0.2) is 0 Å². The third-order valence-electron chi connectivity index (χ3n) is 4.92. The van der Waals surface area contributed by atoms with Gasteiger partial charge in [-0.1, -0.05) is 43.4 Å². The van der Waals surface area contributed by atoms with Gasteiger partial charge in [0.2, 0.25) is 0 Å². The molecule has 1 aromatic rings. The van der Waals surface area contributed by atoms with Crippen LogP contribution in [0.4, 0.5) is 0 Å². The van der Waals surface area contributed by atoms with Gasteiger partial charge in [-0.05, 0) is 62.6 Å². The number of hydrogen-bond acceptors (Lipinski definition) is 2. The van der Waals surface area contributed by atoms with E-state index in [-0.39, 0.29) is 0 Å². The topological polar surface area (TPSA) is 38.0 Å². The summed E-state index contributed by atoms with van der Waals surface area (Å²) in [6.45, 7) is 6.61. The Balaban J connectivity index is 1.95. The molecule has 1 aliphatic carbocycles. The van der Waals surface area contributed by atoms with Gasteiger partial charge in [-0.15, -0.1) is 0 Å². The Hall–Kier alpha value is -0.860. The van der Waals surface area contributed by atoms with Crippen molar-refractivity contribution in [1.29, 1.82) is 0 Å². The summed E-state index contributed by atoms with van der Waals surface area (Å²) in [5.41, 5.74) is 8.69. The highest BCUT2D eigenvalue weighted by atomic mass is 15.2. The summed E-state index contributed by atoms with van der Waals surface area (Å²) in [4.78, 5) is 0. The average Bonchev–Trinajstić information content (AvgIpc) is 2.90. The summed E-state index contributed by atoms with van der Waals surface area (Å²) in [6.07, 6.45) is 9.32. The molecule has 0 aromatic heterocycles. The fraction of sp³-hybridized carbons (Fsp3) is 0.667. The zero-order valence-corrected chi connectivity index (χ0v) is 13.3. The lowest BCUT2D eigenvalue weighted by molar-refractivity contribution is 0.406. The predicted molar refractivity (Wildman–Crippen MR) is 86.7 cm³/mol. The predicted octanol–water partition coefficient (Wildman–Crippen LogP) is 3.96. The number of aryl methyl sites for hydroxylation is 3. The van der Waals surface area contributed by atoms with Crippen LogP contribution in [0.5, 0.6) is 0 Å². The fourth-order valence-electron chi connectivity index (χ4n) is 3.76. The maximum atomic E-state index is 5.79. The van der Waals surface area contributed by atoms with Crippen LogP contribution in [0.2, 0.25) is 0 Å². The summed E-state index contributed by atoms with van der Waals surface area (Å²) in [5.74, 6) is 6.74. The minimum absolute atomic E-state index is 0.413. The van der Waals surface area contributed by atoms with Crippen molar-refractivity contribution in [3.8, 4) is 0 Å². The molecule has 1 fully saturated rings. The zero-order valence-electron chi connectivity index (χ0n) is 13.3. The largest absolute Gasteiger partial charge is 0.271 e. The number of rotatable bonds is 6. The van der Waals surface area contributed by atoms with Gasteiger partial charge in [0, 0.05) is 6.04 Å². The highest BCUT2D eigenvalue weighted by Gasteiger charge is 2.18. The fourth-order valence-corrected chi connectivity index (χ4v) is 3.76. The molecule has 1 saturated carbocycles. The lowest BCUT2D eigenvalue weighted by atomic mass is 9.91. The van der Waals surface area contributed by atoms with E-state index >= 15 is 0 Å². The van der Waals surface area contributed by atoms with Crippen molar-refractivity contribution in [2.75, 3.05) is 0 Å². The molecule has 1 unspecified atom stereocenters. The highest BCUT2D eigenvalue weighted by molar-refractivity contribution is 5.38. The molecule has 112 valence electrons. The van der Waals surface area contributed by atoms with Crippen LogP contribution in [0.3, 0.4) is 0 Å². The van der Waals surface area contributed by atoms with Gasteiger partial charge in [-0.2, -0.15) is 0 Å². The molecule has 0 spiro atoms. The summed E-state index contributed by atoms with van der Waals surface area (Å²) >= 11 is 0. The number of benzene rings is 1. The van der Waals surface area contributed by atoms with Gasteiger partial charge in [0.25, 0.3) is 0 Å². The van der Waals surface area contributed by atoms with E-state index in [9.17, 15) is 0 Å². The maximum Gasteiger partial charge on any atom is 0.0251 e. The first-order valence-corrected chi connectivity index (χ1v) is 8.13. The molecule has 0 aliphatic heterocycles. The number of nitrogens with two attached hydrogens (primary N) is 1. The lowest BCUT2D eigenvalue weighted by Crippen LogP contribution is -2.37. The molecule has 2 heteroatoms. The first-order valence-electron chi connectivity index (χ1n) is 8.13. The second-order valence-electron chi connectivity index (χ2n) is 6.67. The van der Waals surface area contributed by atoms with E-state index in [1.54, 1.807) is 0 Å². The lowest BCUT2D eigenvalue weighted by Gasteiger charge is -2.21. The maximum absolute atomic E-state index is 5.79. The molecule has 0 radical (unpaired) electrons. The van der Waals surface area contributed by atoms with E-state index in [1.807, 2.05) is 0 Å². The van der Waals surface area contributed by atoms with Crippen molar-refractivity contribution in [3.63, 3.8) is 0 Å². The van der Waals surface area contributed by atoms with Crippen molar-refractivity contribution >= 4 is 0 Å². The van der Waals surface area contributed by atoms with Crippen LogP contribution in [0.25, 0.3) is 0 Å². The summed E-state index contributed by atoms with van der Waals surface area (Å²) in [7, 11) is 0. The molecule has 0 amide bonds. The van der Waals surface area contributed by atoms with Gasteiger partial charge >= 0.3 is 0 Å². The zero-order chi connectivity index (χ0) is 14.5. The normalized spacial score (nSPS) is 17.6. The molecule has 1 aliphatic rings. The summed E-state index contributed by atoms with van der Waals surface area (Å²) < 4.78 is 0. The van der Waals surface area contributed by atoms with Crippen LogP contribution in [0.1, 0.15) is 60.8 Å². The van der Waals surface area contributed by atoms with Crippen molar-refractivity contribution in [1.82, 2.24) is 5.43 Å². The standard InChI is InChI=1S/C18H30N2/c1-13-10-14(2)18(15(3)11-13)12-17(20-19)9-8-16-6-4-5-7-16/h10-11,16-17,20H,4-9,12,19H2,1-3H3. The molecule has 2 nitrogen and oxygen atoms in total. The Morgan fingerprint density at radius 3 is 2.30 bits per heavy atom. The smallest absolute Gasteiger partial charge is 0.0251 e. The summed E-state index contributed by atoms with van der Waals surface area (Å²) in [6, 6.07) is 4.98. The monoisotopic (exact) mass is 274 g/mol. The van der Waals surface area contributed by atoms with E-state index in [0.717, 1.165) is 12.3 Å². The van der Waals surface area contributed by atoms with Gasteiger partial charge in [-0.3, -0.25) is 11.3 Å². The highest BCUT2D eigenvalue weighted by Crippen LogP contribution is 2.29. The first kappa shape index (κ1) is 15.5. The molecule has 3 N–H and O–H groups in total. The van der Waals surface area contributed by atoms with Crippen LogP contribution < -0.4 is 11.3 Å². The van der Waals surface area contributed by atoms with Crippen molar-refractivity contribution < 1.29 is 0 Å². The van der Waals surface area contributed by atoms with Gasteiger partial charge in [0.05, 0.1) is 0 Å². The molecule has 0 bridgehead atoms. The molecular weight excluding hydrogens is 244 g/mol. The third-order valence-corrected chi connectivity index (χ3v) is 4.92. The molecule has 0 saturated heterocycles. The van der Waals surface area contributed by atoms with Gasteiger partial charge in [0.1, 0.15) is 0 Å². The van der Waals surface area contributed by atoms with Crippen molar-refractivity contribution in [2.45, 2.75) is 71.8 Å². The Kier molecular flexibility index (Phi) is 5.62. The minimum Gasteiger partial charge on any atom is -0.271 e. The van der Waals surface area contributed by atoms with Crippen LogP contribution in [0.15, 0.2) is 12.1 Å². The molecule has 1 atom stereocenters. The second kappa shape index (κ2) is 7.24. The van der Waals surface area contributed by atoms with Crippen LogP contribution in [-0.2, 0) is 6.42 Å². The SMILES string of the molecule is Cc1cc(C)c(CC(CCC2CCCC2)NN)c(C)c1. The van der Waals surface area contributed by atoms with E-state index in [2.05, 4.69) is 38.3 Å². The molecule has 0 heterocycles. The van der Waals surface area contributed by atoms with Crippen molar-refractivity contribution in [3.05, 3.63) is 34.4 Å². The molecular formula is C18H30N2. The number of nitrogens with one attached hydrogen (secondary N) is 1. The number of hydrogen-bond donors (Lipinski definition) is 2. The van der Waals surface area contributed by atoms with Crippen LogP contribution >= 0.6 is 0 Å². The molecule has 2 rings (SSSR count). The Morgan fingerprint density at radius 1 is 1.15 bits per heavy atom. The van der Waals surface area contributed by atoms with E-state index in [0.29, 0.717) is 6.04 Å². The molecule has 1 aromatic carbocycles. The molecule has 20 heavy (non-hydrogen) atoms. The van der Waals surface area contributed by atoms with Crippen LogP contribution in [-0.4, -0.2) is 6.04 Å². The Labute approximate surface area is 124 Å². The van der Waals surface area contributed by atoms with E-state index in [4.69, 9.17) is 5.84 Å². The third kappa shape index (κ3) is 4.07. The van der Waals surface area contributed by atoms with E-state index < -0.39 is 0 Å². The van der Waals surface area contributed by atoms with Gasteiger partial charge in [-0.25, -0.2) is 0 Å². The first-order chi connectivity index (χ1) is 9.60. The number of hydrazine groups is 1. The van der Waals surface area contributed by atoms with Crippen LogP contribution in [0, 0.1) is 26.7 Å². The Bertz CT molecular complexity index is 410.